The normalized spacial score (nSPS) is 18.1. The highest BCUT2D eigenvalue weighted by Crippen LogP contribution is 2.36. The molecule has 2 aromatic heterocycles. The fraction of sp³-hybridized carbons (Fsp3) is 0.240. The Balaban J connectivity index is 1.65. The van der Waals surface area contributed by atoms with Crippen LogP contribution in [-0.4, -0.2) is 21.9 Å². The number of rotatable bonds is 4. The molecule has 3 N–H and O–H groups in total. The largest absolute Gasteiger partial charge is 0.324 e. The Morgan fingerprint density at radius 2 is 1.82 bits per heavy atom. The highest BCUT2D eigenvalue weighted by molar-refractivity contribution is 6.03. The Morgan fingerprint density at radius 3 is 2.52 bits per heavy atom. The molecule has 3 aromatic rings. The van der Waals surface area contributed by atoms with Crippen molar-refractivity contribution in [2.45, 2.75) is 38.6 Å². The number of aryl methyl sites for hydroxylation is 1. The Kier molecular flexibility index (Phi) is 6.29. The summed E-state index contributed by atoms with van der Waals surface area (Å²) in [5.41, 5.74) is 7.63. The van der Waals surface area contributed by atoms with Crippen LogP contribution in [0.2, 0.25) is 0 Å². The van der Waals surface area contributed by atoms with Crippen LogP contribution >= 0.6 is 0 Å². The van der Waals surface area contributed by atoms with Crippen molar-refractivity contribution in [2.24, 2.45) is 5.73 Å². The monoisotopic (exact) mass is 452 g/mol. The van der Waals surface area contributed by atoms with Crippen LogP contribution in [0.4, 0.5) is 18.9 Å². The lowest BCUT2D eigenvalue weighted by Crippen LogP contribution is -2.25. The van der Waals surface area contributed by atoms with E-state index in [-0.39, 0.29) is 17.7 Å². The lowest BCUT2D eigenvalue weighted by atomic mass is 9.82. The minimum atomic E-state index is -0.955. The van der Waals surface area contributed by atoms with E-state index in [4.69, 9.17) is 5.73 Å². The predicted molar refractivity (Wildman–Crippen MR) is 120 cm³/mol. The second-order valence-electron chi connectivity index (χ2n) is 8.36. The summed E-state index contributed by atoms with van der Waals surface area (Å²) in [4.78, 5) is 21.0. The molecular formula is C25H23F3N4O. The van der Waals surface area contributed by atoms with Gasteiger partial charge in [0, 0.05) is 12.2 Å². The first-order chi connectivity index (χ1) is 15.7. The Bertz CT molecular complexity index is 1240. The van der Waals surface area contributed by atoms with Crippen molar-refractivity contribution in [1.29, 1.82) is 0 Å². The molecule has 1 aliphatic rings. The van der Waals surface area contributed by atoms with Gasteiger partial charge in [-0.3, -0.25) is 9.78 Å². The van der Waals surface area contributed by atoms with Crippen molar-refractivity contribution in [1.82, 2.24) is 9.97 Å². The van der Waals surface area contributed by atoms with Crippen molar-refractivity contribution in [2.75, 3.05) is 5.32 Å². The van der Waals surface area contributed by atoms with Crippen molar-refractivity contribution < 1.29 is 18.0 Å². The lowest BCUT2D eigenvalue weighted by Gasteiger charge is -2.27. The zero-order valence-electron chi connectivity index (χ0n) is 18.2. The van der Waals surface area contributed by atoms with Gasteiger partial charge in [-0.2, -0.15) is 0 Å². The Hall–Kier alpha value is -3.52. The lowest BCUT2D eigenvalue weighted by molar-refractivity contribution is 0.102. The Morgan fingerprint density at radius 1 is 1.09 bits per heavy atom. The van der Waals surface area contributed by atoms with Gasteiger partial charge >= 0.3 is 0 Å². The highest BCUT2D eigenvalue weighted by atomic mass is 19.1. The van der Waals surface area contributed by atoms with Crippen LogP contribution in [0.25, 0.3) is 11.3 Å². The summed E-state index contributed by atoms with van der Waals surface area (Å²) in [6.45, 7) is 3.53. The number of hydrogen-bond donors (Lipinski definition) is 2. The van der Waals surface area contributed by atoms with E-state index in [1.165, 1.54) is 18.7 Å². The maximum atomic E-state index is 14.4. The van der Waals surface area contributed by atoms with E-state index in [0.29, 0.717) is 11.3 Å². The van der Waals surface area contributed by atoms with Crippen LogP contribution in [0.3, 0.4) is 0 Å². The van der Waals surface area contributed by atoms with Gasteiger partial charge in [0.2, 0.25) is 0 Å². The number of benzene rings is 1. The third-order valence-corrected chi connectivity index (χ3v) is 5.67. The third-order valence-electron chi connectivity index (χ3n) is 5.67. The van der Waals surface area contributed by atoms with E-state index < -0.39 is 34.6 Å². The first kappa shape index (κ1) is 22.7. The van der Waals surface area contributed by atoms with Crippen LogP contribution in [0.1, 0.15) is 47.3 Å². The first-order valence-electron chi connectivity index (χ1n) is 10.5. The number of allylic oxidation sites excluding steroid dienone is 1. The fourth-order valence-electron chi connectivity index (χ4n) is 4.26. The van der Waals surface area contributed by atoms with Gasteiger partial charge in [0.15, 0.2) is 0 Å². The van der Waals surface area contributed by atoms with Crippen LogP contribution in [0, 0.1) is 24.4 Å². The molecule has 0 radical (unpaired) electrons. The number of hydrogen-bond acceptors (Lipinski definition) is 4. The van der Waals surface area contributed by atoms with Gasteiger partial charge in [-0.1, -0.05) is 11.6 Å². The van der Waals surface area contributed by atoms with Gasteiger partial charge in [0.05, 0.1) is 17.4 Å². The summed E-state index contributed by atoms with van der Waals surface area (Å²) in [5, 5.41) is 2.76. The fourth-order valence-corrected chi connectivity index (χ4v) is 4.26. The van der Waals surface area contributed by atoms with E-state index in [9.17, 15) is 18.0 Å². The molecule has 0 saturated carbocycles. The second kappa shape index (κ2) is 9.15. The predicted octanol–water partition coefficient (Wildman–Crippen LogP) is 5.27. The van der Waals surface area contributed by atoms with Gasteiger partial charge < -0.3 is 11.1 Å². The van der Waals surface area contributed by atoms with Crippen molar-refractivity contribution in [3.63, 3.8) is 0 Å². The maximum absolute atomic E-state index is 14.4. The molecule has 2 atom stereocenters. The molecule has 33 heavy (non-hydrogen) atoms. The molecule has 0 fully saturated rings. The number of amides is 1. The van der Waals surface area contributed by atoms with Gasteiger partial charge in [-0.25, -0.2) is 18.2 Å². The van der Waals surface area contributed by atoms with Gasteiger partial charge in [-0.15, -0.1) is 0 Å². The molecular weight excluding hydrogens is 429 g/mol. The zero-order valence-corrected chi connectivity index (χ0v) is 18.2. The molecule has 0 unspecified atom stereocenters. The van der Waals surface area contributed by atoms with E-state index >= 15 is 0 Å². The highest BCUT2D eigenvalue weighted by Gasteiger charge is 2.24. The molecule has 2 heterocycles. The number of aromatic nitrogens is 2. The zero-order chi connectivity index (χ0) is 23.7. The molecule has 0 saturated heterocycles. The van der Waals surface area contributed by atoms with E-state index in [1.54, 1.807) is 6.20 Å². The number of nitrogens with one attached hydrogen (secondary N) is 1. The van der Waals surface area contributed by atoms with Crippen LogP contribution in [-0.2, 0) is 0 Å². The van der Waals surface area contributed by atoms with Crippen LogP contribution in [0.5, 0.6) is 0 Å². The standard InChI is InChI=1S/C25H23F3N4O/c1-13-7-15(11-16(29)8-13)17-5-6-30-12-22(17)32-25(33)21-4-3-18(26)24(31-21)23-19(27)9-14(2)10-20(23)28/h3-6,8-10,12,15-16H,7,11,29H2,1-2H3,(H,32,33)/t15-,16+/m1/s1. The first-order valence-corrected chi connectivity index (χ1v) is 10.5. The molecule has 1 amide bonds. The Labute approximate surface area is 189 Å². The van der Waals surface area contributed by atoms with Crippen molar-refractivity contribution >= 4 is 11.6 Å². The molecule has 170 valence electrons. The minimum Gasteiger partial charge on any atom is -0.324 e. The van der Waals surface area contributed by atoms with Gasteiger partial charge in [-0.05, 0) is 74.1 Å². The molecule has 4 rings (SSSR count). The van der Waals surface area contributed by atoms with E-state index in [0.717, 1.165) is 42.7 Å². The van der Waals surface area contributed by atoms with E-state index in [2.05, 4.69) is 15.3 Å². The average molecular weight is 452 g/mol. The number of pyridine rings is 2. The van der Waals surface area contributed by atoms with E-state index in [1.807, 2.05) is 19.1 Å². The van der Waals surface area contributed by atoms with Crippen molar-refractivity contribution in [3.05, 3.63) is 88.6 Å². The number of nitrogens with zero attached hydrogens (tertiary/aromatic N) is 2. The summed E-state index contributed by atoms with van der Waals surface area (Å²) in [5.74, 6) is -3.40. The maximum Gasteiger partial charge on any atom is 0.274 e. The van der Waals surface area contributed by atoms with Crippen molar-refractivity contribution in [3.8, 4) is 11.3 Å². The quantitative estimate of drug-likeness (QED) is 0.529. The minimum absolute atomic E-state index is 0.0823. The summed E-state index contributed by atoms with van der Waals surface area (Å²) in [6, 6.07) is 6.04. The topological polar surface area (TPSA) is 80.9 Å². The SMILES string of the molecule is CC1=C[C@H](N)C[C@H](c2ccncc2NC(=O)c2ccc(F)c(-c3c(F)cc(C)cc3F)n2)C1. The average Bonchev–Trinajstić information content (AvgIpc) is 2.74. The summed E-state index contributed by atoms with van der Waals surface area (Å²) >= 11 is 0. The summed E-state index contributed by atoms with van der Waals surface area (Å²) in [6.07, 6.45) is 6.71. The number of carbonyl (C=O) groups is 1. The van der Waals surface area contributed by atoms with Gasteiger partial charge in [0.25, 0.3) is 5.91 Å². The molecule has 0 aliphatic heterocycles. The molecule has 1 aliphatic carbocycles. The number of anilines is 1. The number of nitrogens with two attached hydrogens (primary N) is 1. The molecule has 8 heteroatoms. The summed E-state index contributed by atoms with van der Waals surface area (Å²) < 4.78 is 43.2. The van der Waals surface area contributed by atoms with Crippen LogP contribution in [0.15, 0.2) is 54.4 Å². The number of carbonyl (C=O) groups excluding carboxylic acids is 1. The second-order valence-corrected chi connectivity index (χ2v) is 8.36. The summed E-state index contributed by atoms with van der Waals surface area (Å²) in [7, 11) is 0. The molecule has 0 bridgehead atoms. The molecule has 5 nitrogen and oxygen atoms in total. The molecule has 0 spiro atoms. The third kappa shape index (κ3) is 4.80. The van der Waals surface area contributed by atoms with Crippen LogP contribution < -0.4 is 11.1 Å². The van der Waals surface area contributed by atoms with Gasteiger partial charge in [0.1, 0.15) is 28.8 Å². The number of halogens is 3. The smallest absolute Gasteiger partial charge is 0.274 e. The molecule has 1 aromatic carbocycles.